The van der Waals surface area contributed by atoms with Crippen LogP contribution in [-0.2, 0) is 9.53 Å². The van der Waals surface area contributed by atoms with Crippen molar-refractivity contribution in [2.24, 2.45) is 0 Å². The van der Waals surface area contributed by atoms with Crippen molar-refractivity contribution >= 4 is 34.6 Å². The summed E-state index contributed by atoms with van der Waals surface area (Å²) in [5.74, 6) is 0.528. The second-order valence-electron chi connectivity index (χ2n) is 8.59. The molecular formula is C24H24N4O2S. The van der Waals surface area contributed by atoms with Crippen LogP contribution in [0.15, 0.2) is 36.5 Å². The van der Waals surface area contributed by atoms with Gasteiger partial charge in [-0.3, -0.25) is 9.69 Å². The molecule has 7 heteroatoms. The lowest BCUT2D eigenvalue weighted by Crippen LogP contribution is -2.55. The number of rotatable bonds is 3. The smallest absolute Gasteiger partial charge is 0.259 e. The molecule has 2 aromatic rings. The van der Waals surface area contributed by atoms with E-state index < -0.39 is 5.54 Å². The second kappa shape index (κ2) is 7.70. The topological polar surface area (TPSA) is 69.5 Å². The quantitative estimate of drug-likeness (QED) is 0.677. The predicted molar refractivity (Wildman–Crippen MR) is 122 cm³/mol. The number of ether oxygens (including phenoxy) is 1. The van der Waals surface area contributed by atoms with Crippen LogP contribution in [0.5, 0.6) is 0 Å². The average molecular weight is 433 g/mol. The lowest BCUT2D eigenvalue weighted by molar-refractivity contribution is -0.123. The molecule has 1 aromatic carbocycles. The van der Waals surface area contributed by atoms with Crippen LogP contribution < -0.4 is 9.80 Å². The highest BCUT2D eigenvalue weighted by atomic mass is 32.1. The number of nitrogens with zero attached hydrogens (tertiary/aromatic N) is 4. The molecule has 1 spiro atoms. The van der Waals surface area contributed by atoms with Crippen molar-refractivity contribution in [3.05, 3.63) is 53.3 Å². The van der Waals surface area contributed by atoms with Gasteiger partial charge >= 0.3 is 0 Å². The number of carbonyl (C=O) groups excluding carboxylic acids is 1. The van der Waals surface area contributed by atoms with Crippen LogP contribution in [0.25, 0.3) is 0 Å². The summed E-state index contributed by atoms with van der Waals surface area (Å²) in [5.41, 5.74) is 3.38. The second-order valence-corrected chi connectivity index (χ2v) is 8.96. The van der Waals surface area contributed by atoms with Gasteiger partial charge in [0.1, 0.15) is 17.3 Å². The van der Waals surface area contributed by atoms with E-state index >= 15 is 0 Å². The van der Waals surface area contributed by atoms with Crippen molar-refractivity contribution < 1.29 is 9.53 Å². The fourth-order valence-corrected chi connectivity index (χ4v) is 5.40. The number of aromatic nitrogens is 1. The molecule has 2 aliphatic heterocycles. The average Bonchev–Trinajstić information content (AvgIpc) is 3.01. The first-order chi connectivity index (χ1) is 15.0. The number of amides is 1. The standard InChI is InChI=1S/C24H24N4O2S/c1-16-13-20(15-26-21(16)14-25)27-22(29)24(9-2-10-24)28(23(27)31)19-5-3-17(4-6-19)18-7-11-30-12-8-18/h3-6,13,15,18H,2,7-12H2,1H3. The fraction of sp³-hybridized carbons (Fsp3) is 0.417. The highest BCUT2D eigenvalue weighted by Gasteiger charge is 2.59. The Morgan fingerprint density at radius 3 is 2.48 bits per heavy atom. The Kier molecular flexibility index (Phi) is 4.99. The Bertz CT molecular complexity index is 1080. The molecule has 5 rings (SSSR count). The predicted octanol–water partition coefficient (Wildman–Crippen LogP) is 4.22. The molecule has 0 radical (unpaired) electrons. The molecule has 3 aliphatic rings. The first kappa shape index (κ1) is 20.1. The molecule has 1 saturated carbocycles. The first-order valence-corrected chi connectivity index (χ1v) is 11.2. The van der Waals surface area contributed by atoms with Gasteiger partial charge in [-0.25, -0.2) is 4.98 Å². The minimum atomic E-state index is -0.612. The van der Waals surface area contributed by atoms with Crippen molar-refractivity contribution in [2.75, 3.05) is 23.0 Å². The zero-order valence-corrected chi connectivity index (χ0v) is 18.3. The molecule has 1 aromatic heterocycles. The van der Waals surface area contributed by atoms with E-state index in [1.807, 2.05) is 17.9 Å². The van der Waals surface area contributed by atoms with Gasteiger partial charge < -0.3 is 9.64 Å². The van der Waals surface area contributed by atoms with Crippen LogP contribution in [0.1, 0.15) is 54.8 Å². The monoisotopic (exact) mass is 432 g/mol. The molecular weight excluding hydrogens is 408 g/mol. The van der Waals surface area contributed by atoms with Gasteiger partial charge in [-0.05, 0) is 86.5 Å². The van der Waals surface area contributed by atoms with Crippen LogP contribution >= 0.6 is 12.2 Å². The number of benzene rings is 1. The number of thiocarbonyl (C=S) groups is 1. The first-order valence-electron chi connectivity index (χ1n) is 10.8. The van der Waals surface area contributed by atoms with Gasteiger partial charge in [0.05, 0.1) is 11.9 Å². The van der Waals surface area contributed by atoms with Crippen LogP contribution in [-0.4, -0.2) is 34.8 Å². The summed E-state index contributed by atoms with van der Waals surface area (Å²) < 4.78 is 5.49. The summed E-state index contributed by atoms with van der Waals surface area (Å²) in [4.78, 5) is 21.4. The van der Waals surface area contributed by atoms with Crippen molar-refractivity contribution in [2.45, 2.75) is 50.5 Å². The molecule has 1 amide bonds. The fourth-order valence-electron chi connectivity index (χ4n) is 4.93. The van der Waals surface area contributed by atoms with Gasteiger partial charge in [0.2, 0.25) is 0 Å². The lowest BCUT2D eigenvalue weighted by atomic mass is 9.75. The molecule has 0 N–H and O–H groups in total. The maximum atomic E-state index is 13.6. The molecule has 0 atom stereocenters. The normalized spacial score (nSPS) is 20.8. The van der Waals surface area contributed by atoms with E-state index in [0.29, 0.717) is 22.4 Å². The third-order valence-corrected chi connectivity index (χ3v) is 7.23. The zero-order chi connectivity index (χ0) is 21.6. The highest BCUT2D eigenvalue weighted by molar-refractivity contribution is 7.81. The molecule has 3 fully saturated rings. The van der Waals surface area contributed by atoms with Gasteiger partial charge in [-0.2, -0.15) is 5.26 Å². The van der Waals surface area contributed by atoms with Gasteiger partial charge in [-0.15, -0.1) is 0 Å². The number of hydrogen-bond donors (Lipinski definition) is 0. The van der Waals surface area contributed by atoms with E-state index in [9.17, 15) is 10.1 Å². The summed E-state index contributed by atoms with van der Waals surface area (Å²) in [6.07, 6.45) is 6.23. The number of pyridine rings is 1. The molecule has 3 heterocycles. The maximum absolute atomic E-state index is 13.6. The summed E-state index contributed by atoms with van der Waals surface area (Å²) in [6.45, 7) is 3.45. The third kappa shape index (κ3) is 3.13. The molecule has 31 heavy (non-hydrogen) atoms. The van der Waals surface area contributed by atoms with Gasteiger partial charge in [0.25, 0.3) is 5.91 Å². The highest BCUT2D eigenvalue weighted by Crippen LogP contribution is 2.48. The number of hydrogen-bond acceptors (Lipinski definition) is 5. The molecule has 158 valence electrons. The van der Waals surface area contributed by atoms with E-state index in [0.717, 1.165) is 56.6 Å². The Labute approximate surface area is 187 Å². The number of aryl methyl sites for hydroxylation is 1. The van der Waals surface area contributed by atoms with Gasteiger partial charge in [0.15, 0.2) is 5.11 Å². The Morgan fingerprint density at radius 1 is 1.19 bits per heavy atom. The molecule has 0 unspecified atom stereocenters. The van der Waals surface area contributed by atoms with Crippen LogP contribution in [0.2, 0.25) is 0 Å². The third-order valence-electron chi connectivity index (χ3n) is 6.86. The van der Waals surface area contributed by atoms with Gasteiger partial charge in [0, 0.05) is 18.9 Å². The summed E-state index contributed by atoms with van der Waals surface area (Å²) in [5, 5.41) is 9.66. The van der Waals surface area contributed by atoms with E-state index in [1.165, 1.54) is 5.56 Å². The van der Waals surface area contributed by atoms with Crippen LogP contribution in [0, 0.1) is 18.3 Å². The van der Waals surface area contributed by atoms with Crippen LogP contribution in [0.4, 0.5) is 11.4 Å². The summed E-state index contributed by atoms with van der Waals surface area (Å²) in [7, 11) is 0. The van der Waals surface area contributed by atoms with Crippen molar-refractivity contribution in [1.29, 1.82) is 5.26 Å². The van der Waals surface area contributed by atoms with Crippen molar-refractivity contribution in [3.8, 4) is 6.07 Å². The Hall–Kier alpha value is -2.82. The SMILES string of the molecule is Cc1cc(N2C(=O)C3(CCC3)N(c3ccc(C4CCOCC4)cc3)C2=S)cnc1C#N. The maximum Gasteiger partial charge on any atom is 0.259 e. The van der Waals surface area contributed by atoms with E-state index in [1.54, 1.807) is 11.1 Å². The Morgan fingerprint density at radius 2 is 1.90 bits per heavy atom. The Balaban J connectivity index is 1.48. The van der Waals surface area contributed by atoms with E-state index in [2.05, 4.69) is 35.3 Å². The molecule has 2 saturated heterocycles. The largest absolute Gasteiger partial charge is 0.381 e. The zero-order valence-electron chi connectivity index (χ0n) is 17.5. The molecule has 6 nitrogen and oxygen atoms in total. The minimum Gasteiger partial charge on any atom is -0.381 e. The van der Waals surface area contributed by atoms with E-state index in [4.69, 9.17) is 17.0 Å². The molecule has 1 aliphatic carbocycles. The summed E-state index contributed by atoms with van der Waals surface area (Å²) >= 11 is 5.84. The van der Waals surface area contributed by atoms with E-state index in [-0.39, 0.29) is 5.91 Å². The van der Waals surface area contributed by atoms with Gasteiger partial charge in [-0.1, -0.05) is 12.1 Å². The number of anilines is 2. The van der Waals surface area contributed by atoms with Crippen molar-refractivity contribution in [3.63, 3.8) is 0 Å². The van der Waals surface area contributed by atoms with Crippen LogP contribution in [0.3, 0.4) is 0 Å². The summed E-state index contributed by atoms with van der Waals surface area (Å²) in [6, 6.07) is 12.4. The number of carbonyl (C=O) groups is 1. The van der Waals surface area contributed by atoms with Crippen molar-refractivity contribution in [1.82, 2.24) is 4.98 Å². The molecule has 0 bridgehead atoms. The number of nitriles is 1. The lowest BCUT2D eigenvalue weighted by Gasteiger charge is -2.43. The minimum absolute atomic E-state index is 0.00293.